The second-order valence-corrected chi connectivity index (χ2v) is 8.88. The first-order valence-electron chi connectivity index (χ1n) is 9.79. The van der Waals surface area contributed by atoms with Gasteiger partial charge in [0.25, 0.3) is 0 Å². The molecule has 6 rings (SSSR count). The van der Waals surface area contributed by atoms with Crippen LogP contribution in [0.4, 0.5) is 0 Å². The largest absolute Gasteiger partial charge is 0.355 e. The number of amides is 1. The van der Waals surface area contributed by atoms with Crippen molar-refractivity contribution in [1.29, 1.82) is 0 Å². The summed E-state index contributed by atoms with van der Waals surface area (Å²) in [7, 11) is 2.01. The Bertz CT molecular complexity index is 786. The van der Waals surface area contributed by atoms with Gasteiger partial charge < -0.3 is 9.88 Å². The summed E-state index contributed by atoms with van der Waals surface area (Å²) in [6, 6.07) is 6.42. The number of benzene rings is 1. The zero-order valence-electron chi connectivity index (χ0n) is 15.0. The number of aromatic nitrogens is 2. The summed E-state index contributed by atoms with van der Waals surface area (Å²) in [5.74, 6) is 2.81. The van der Waals surface area contributed by atoms with Crippen LogP contribution in [0.3, 0.4) is 0 Å². The van der Waals surface area contributed by atoms with Crippen molar-refractivity contribution in [2.24, 2.45) is 30.2 Å². The average Bonchev–Trinajstić information content (AvgIpc) is 2.94. The first-order valence-corrected chi connectivity index (χ1v) is 9.79. The molecule has 4 bridgehead atoms. The van der Waals surface area contributed by atoms with E-state index in [1.165, 1.54) is 24.8 Å². The number of fused-ring (bicyclic) bond motifs is 1. The van der Waals surface area contributed by atoms with Crippen molar-refractivity contribution < 1.29 is 4.79 Å². The van der Waals surface area contributed by atoms with Crippen LogP contribution in [0, 0.1) is 23.2 Å². The molecule has 0 atom stereocenters. The number of rotatable bonds is 4. The fourth-order valence-electron chi connectivity index (χ4n) is 6.23. The third kappa shape index (κ3) is 2.57. The standard InChI is InChI=1S/C21H27N3O/c1-24-13-23-18-9-14(2-3-19(18)24)4-5-22-20(25)21-10-15-6-16(11-21)8-17(7-15)12-21/h2-3,9,13,15-17H,4-8,10-12H2,1H3,(H,22,25). The van der Waals surface area contributed by atoms with Crippen molar-refractivity contribution in [3.05, 3.63) is 30.1 Å². The molecule has 1 aromatic heterocycles. The molecular weight excluding hydrogens is 310 g/mol. The lowest BCUT2D eigenvalue weighted by Gasteiger charge is -2.55. The molecule has 4 nitrogen and oxygen atoms in total. The minimum Gasteiger partial charge on any atom is -0.355 e. The average molecular weight is 337 g/mol. The first kappa shape index (κ1) is 15.4. The molecule has 2 aromatic rings. The molecule has 1 amide bonds. The lowest BCUT2D eigenvalue weighted by molar-refractivity contribution is -0.146. The van der Waals surface area contributed by atoms with E-state index in [0.717, 1.165) is 61.0 Å². The highest BCUT2D eigenvalue weighted by molar-refractivity contribution is 5.83. The number of carbonyl (C=O) groups excluding carboxylic acids is 1. The van der Waals surface area contributed by atoms with Crippen LogP contribution in [0.15, 0.2) is 24.5 Å². The Kier molecular flexibility index (Phi) is 3.44. The summed E-state index contributed by atoms with van der Waals surface area (Å²) in [4.78, 5) is 17.4. The molecule has 1 aromatic carbocycles. The minimum absolute atomic E-state index is 0.0281. The van der Waals surface area contributed by atoms with Gasteiger partial charge >= 0.3 is 0 Å². The lowest BCUT2D eigenvalue weighted by Crippen LogP contribution is -2.53. The highest BCUT2D eigenvalue weighted by atomic mass is 16.2. The molecule has 4 saturated carbocycles. The van der Waals surface area contributed by atoms with Gasteiger partial charge in [0.2, 0.25) is 5.91 Å². The van der Waals surface area contributed by atoms with E-state index in [-0.39, 0.29) is 5.41 Å². The molecule has 4 heteroatoms. The van der Waals surface area contributed by atoms with Crippen LogP contribution in [0.1, 0.15) is 44.1 Å². The van der Waals surface area contributed by atoms with E-state index in [9.17, 15) is 4.79 Å². The van der Waals surface area contributed by atoms with Crippen LogP contribution in [0.5, 0.6) is 0 Å². The minimum atomic E-state index is -0.0281. The third-order valence-corrected chi connectivity index (χ3v) is 7.01. The fraction of sp³-hybridized carbons (Fsp3) is 0.619. The maximum Gasteiger partial charge on any atom is 0.226 e. The van der Waals surface area contributed by atoms with Crippen LogP contribution in [-0.4, -0.2) is 22.0 Å². The summed E-state index contributed by atoms with van der Waals surface area (Å²) in [5.41, 5.74) is 3.41. The molecule has 4 fully saturated rings. The Morgan fingerprint density at radius 2 is 1.88 bits per heavy atom. The lowest BCUT2D eigenvalue weighted by atomic mass is 9.49. The normalized spacial score (nSPS) is 33.1. The van der Waals surface area contributed by atoms with Crippen molar-refractivity contribution in [3.63, 3.8) is 0 Å². The van der Waals surface area contributed by atoms with Crippen LogP contribution in [0.2, 0.25) is 0 Å². The molecule has 0 aliphatic heterocycles. The highest BCUT2D eigenvalue weighted by Gasteiger charge is 2.54. The van der Waals surface area contributed by atoms with Gasteiger partial charge in [0, 0.05) is 19.0 Å². The number of carbonyl (C=O) groups is 1. The molecule has 132 valence electrons. The number of nitrogens with zero attached hydrogens (tertiary/aromatic N) is 2. The molecule has 0 unspecified atom stereocenters. The van der Waals surface area contributed by atoms with E-state index >= 15 is 0 Å². The number of imidazole rings is 1. The Morgan fingerprint density at radius 1 is 1.20 bits per heavy atom. The first-order chi connectivity index (χ1) is 12.1. The molecule has 4 aliphatic carbocycles. The van der Waals surface area contributed by atoms with Crippen molar-refractivity contribution in [3.8, 4) is 0 Å². The van der Waals surface area contributed by atoms with E-state index in [4.69, 9.17) is 0 Å². The Hall–Kier alpha value is -1.84. The third-order valence-electron chi connectivity index (χ3n) is 7.01. The Morgan fingerprint density at radius 3 is 2.56 bits per heavy atom. The second kappa shape index (κ2) is 5.58. The van der Waals surface area contributed by atoms with Crippen molar-refractivity contribution >= 4 is 16.9 Å². The molecule has 25 heavy (non-hydrogen) atoms. The predicted octanol–water partition coefficient (Wildman–Crippen LogP) is 3.45. The SMILES string of the molecule is Cn1cnc2cc(CCNC(=O)C34CC5CC(CC(C5)C3)C4)ccc21. The Balaban J connectivity index is 1.23. The van der Waals surface area contributed by atoms with E-state index in [2.05, 4.69) is 28.5 Å². The van der Waals surface area contributed by atoms with Gasteiger partial charge in [-0.05, 0) is 80.4 Å². The summed E-state index contributed by atoms with van der Waals surface area (Å²) >= 11 is 0. The summed E-state index contributed by atoms with van der Waals surface area (Å²) in [5, 5.41) is 3.28. The van der Waals surface area contributed by atoms with Crippen LogP contribution in [-0.2, 0) is 18.3 Å². The van der Waals surface area contributed by atoms with Gasteiger partial charge in [-0.25, -0.2) is 4.98 Å². The summed E-state index contributed by atoms with van der Waals surface area (Å²) in [6.07, 6.45) is 10.3. The molecule has 0 saturated heterocycles. The van der Waals surface area contributed by atoms with Crippen molar-refractivity contribution in [2.45, 2.75) is 44.9 Å². The summed E-state index contributed by atoms with van der Waals surface area (Å²) < 4.78 is 2.04. The molecule has 4 aliphatic rings. The topological polar surface area (TPSA) is 46.9 Å². The maximum atomic E-state index is 13.0. The van der Waals surface area contributed by atoms with Gasteiger partial charge in [0.05, 0.1) is 17.4 Å². The van der Waals surface area contributed by atoms with E-state index in [1.54, 1.807) is 0 Å². The van der Waals surface area contributed by atoms with Gasteiger partial charge in [-0.15, -0.1) is 0 Å². The predicted molar refractivity (Wildman–Crippen MR) is 98.0 cm³/mol. The van der Waals surface area contributed by atoms with Gasteiger partial charge in [-0.3, -0.25) is 4.79 Å². The second-order valence-electron chi connectivity index (χ2n) is 8.88. The Labute approximate surface area is 149 Å². The van der Waals surface area contributed by atoms with Gasteiger partial charge in [-0.2, -0.15) is 0 Å². The maximum absolute atomic E-state index is 13.0. The van der Waals surface area contributed by atoms with Crippen LogP contribution in [0.25, 0.3) is 11.0 Å². The fourth-order valence-corrected chi connectivity index (χ4v) is 6.23. The molecule has 0 spiro atoms. The van der Waals surface area contributed by atoms with Crippen molar-refractivity contribution in [2.75, 3.05) is 6.54 Å². The number of nitrogens with one attached hydrogen (secondary N) is 1. The van der Waals surface area contributed by atoms with Crippen LogP contribution < -0.4 is 5.32 Å². The van der Waals surface area contributed by atoms with Gasteiger partial charge in [0.15, 0.2) is 0 Å². The smallest absolute Gasteiger partial charge is 0.226 e. The zero-order chi connectivity index (χ0) is 17.0. The molecule has 0 radical (unpaired) electrons. The highest BCUT2D eigenvalue weighted by Crippen LogP contribution is 2.60. The molecular formula is C21H27N3O. The quantitative estimate of drug-likeness (QED) is 0.929. The zero-order valence-corrected chi connectivity index (χ0v) is 15.0. The molecule has 1 N–H and O–H groups in total. The van der Waals surface area contributed by atoms with Crippen molar-refractivity contribution in [1.82, 2.24) is 14.9 Å². The number of aryl methyl sites for hydroxylation is 1. The summed E-state index contributed by atoms with van der Waals surface area (Å²) in [6.45, 7) is 0.735. The number of hydrogen-bond donors (Lipinski definition) is 1. The van der Waals surface area contributed by atoms with Gasteiger partial charge in [0.1, 0.15) is 0 Å². The monoisotopic (exact) mass is 337 g/mol. The van der Waals surface area contributed by atoms with E-state index < -0.39 is 0 Å². The van der Waals surface area contributed by atoms with Gasteiger partial charge in [-0.1, -0.05) is 6.07 Å². The molecule has 1 heterocycles. The van der Waals surface area contributed by atoms with E-state index in [0.29, 0.717) is 5.91 Å². The number of hydrogen-bond acceptors (Lipinski definition) is 2. The van der Waals surface area contributed by atoms with Crippen LogP contribution >= 0.6 is 0 Å². The van der Waals surface area contributed by atoms with E-state index in [1.807, 2.05) is 17.9 Å².